The van der Waals surface area contributed by atoms with Gasteiger partial charge in [0, 0.05) is 12.4 Å². The van der Waals surface area contributed by atoms with Crippen molar-refractivity contribution in [3.8, 4) is 0 Å². The molecule has 0 aromatic rings. The van der Waals surface area contributed by atoms with Gasteiger partial charge in [-0.3, -0.25) is 0 Å². The molecule has 2 heteroatoms. The van der Waals surface area contributed by atoms with Crippen molar-refractivity contribution in [1.29, 1.82) is 0 Å². The lowest BCUT2D eigenvalue weighted by Crippen LogP contribution is -2.31. The van der Waals surface area contributed by atoms with Crippen molar-refractivity contribution < 1.29 is 4.74 Å². The smallest absolute Gasteiger partial charge is 0.0692 e. The topological polar surface area (TPSA) is 9.23 Å². The van der Waals surface area contributed by atoms with Crippen LogP contribution in [0.15, 0.2) is 12.2 Å². The molecule has 1 rings (SSSR count). The van der Waals surface area contributed by atoms with Crippen molar-refractivity contribution in [2.24, 2.45) is 5.92 Å². The van der Waals surface area contributed by atoms with Gasteiger partial charge in [0.15, 0.2) is 0 Å². The van der Waals surface area contributed by atoms with E-state index in [9.17, 15) is 0 Å². The van der Waals surface area contributed by atoms with Crippen LogP contribution in [0.2, 0.25) is 0 Å². The van der Waals surface area contributed by atoms with Gasteiger partial charge in [0.1, 0.15) is 0 Å². The van der Waals surface area contributed by atoms with Crippen LogP contribution in [0.25, 0.3) is 0 Å². The highest BCUT2D eigenvalue weighted by Crippen LogP contribution is 2.30. The Morgan fingerprint density at radius 1 is 1.42 bits per heavy atom. The Hall–Kier alpha value is 0.0500. The molecule has 0 saturated heterocycles. The number of methoxy groups -OCH3 is 1. The molecule has 0 heterocycles. The van der Waals surface area contributed by atoms with Crippen LogP contribution in [0.1, 0.15) is 26.2 Å². The maximum absolute atomic E-state index is 5.37. The molecule has 1 fully saturated rings. The Bertz CT molecular complexity index is 156. The average Bonchev–Trinajstić information content (AvgIpc) is 2.09. The van der Waals surface area contributed by atoms with Crippen molar-refractivity contribution in [2.45, 2.75) is 37.5 Å². The summed E-state index contributed by atoms with van der Waals surface area (Å²) >= 11 is 4.50. The highest BCUT2D eigenvalue weighted by Gasteiger charge is 2.26. The minimum atomic E-state index is 0.350. The lowest BCUT2D eigenvalue weighted by Gasteiger charge is -2.31. The van der Waals surface area contributed by atoms with Crippen LogP contribution < -0.4 is 0 Å². The number of allylic oxidation sites excluding steroid dienone is 2. The molecular formula is C10H18OS. The van der Waals surface area contributed by atoms with Gasteiger partial charge in [0.05, 0.1) is 6.10 Å². The first-order valence-corrected chi connectivity index (χ1v) is 5.13. The van der Waals surface area contributed by atoms with Gasteiger partial charge in [-0.25, -0.2) is 0 Å². The molecule has 1 nitrogen and oxygen atoms in total. The molecule has 0 aromatic heterocycles. The first kappa shape index (κ1) is 10.1. The van der Waals surface area contributed by atoms with Crippen molar-refractivity contribution in [3.05, 3.63) is 12.2 Å². The van der Waals surface area contributed by atoms with E-state index in [0.717, 1.165) is 6.42 Å². The van der Waals surface area contributed by atoms with Gasteiger partial charge >= 0.3 is 0 Å². The van der Waals surface area contributed by atoms with Crippen molar-refractivity contribution >= 4 is 12.6 Å². The number of thiol groups is 1. The molecule has 1 aliphatic rings. The Kier molecular flexibility index (Phi) is 4.16. The molecule has 0 aromatic carbocycles. The van der Waals surface area contributed by atoms with Crippen molar-refractivity contribution in [3.63, 3.8) is 0 Å². The fourth-order valence-corrected chi connectivity index (χ4v) is 2.24. The van der Waals surface area contributed by atoms with E-state index < -0.39 is 0 Å². The average molecular weight is 186 g/mol. The molecule has 70 valence electrons. The number of rotatable bonds is 2. The molecule has 0 amide bonds. The highest BCUT2D eigenvalue weighted by molar-refractivity contribution is 7.81. The molecule has 0 radical (unpaired) electrons. The molecule has 0 aliphatic heterocycles. The lowest BCUT2D eigenvalue weighted by molar-refractivity contribution is 0.0648. The van der Waals surface area contributed by atoms with Crippen LogP contribution in [-0.4, -0.2) is 18.5 Å². The number of ether oxygens (including phenoxy) is 1. The zero-order valence-electron chi connectivity index (χ0n) is 7.86. The normalized spacial score (nSPS) is 37.4. The van der Waals surface area contributed by atoms with Gasteiger partial charge in [0.25, 0.3) is 0 Å². The van der Waals surface area contributed by atoms with E-state index >= 15 is 0 Å². The summed E-state index contributed by atoms with van der Waals surface area (Å²) in [6, 6.07) is 0. The van der Waals surface area contributed by atoms with Crippen LogP contribution in [-0.2, 0) is 4.74 Å². The van der Waals surface area contributed by atoms with Crippen molar-refractivity contribution in [1.82, 2.24) is 0 Å². The van der Waals surface area contributed by atoms with E-state index in [4.69, 9.17) is 4.74 Å². The maximum atomic E-state index is 5.37. The van der Waals surface area contributed by atoms with E-state index in [1.807, 2.05) is 0 Å². The van der Waals surface area contributed by atoms with E-state index in [-0.39, 0.29) is 0 Å². The van der Waals surface area contributed by atoms with Crippen LogP contribution >= 0.6 is 12.6 Å². The minimum absolute atomic E-state index is 0.350. The molecule has 0 spiro atoms. The first-order chi connectivity index (χ1) is 5.77. The monoisotopic (exact) mass is 186 g/mol. The largest absolute Gasteiger partial charge is 0.380 e. The second-order valence-electron chi connectivity index (χ2n) is 3.44. The summed E-state index contributed by atoms with van der Waals surface area (Å²) in [6.45, 7) is 2.08. The second kappa shape index (κ2) is 4.93. The SMILES string of the molecule is C/C=C\C1CCC(S)C(OC)C1. The van der Waals surface area contributed by atoms with Crippen LogP contribution in [0, 0.1) is 5.92 Å². The molecule has 3 atom stereocenters. The third-order valence-corrected chi connectivity index (χ3v) is 3.16. The van der Waals surface area contributed by atoms with Crippen LogP contribution in [0.4, 0.5) is 0 Å². The fourth-order valence-electron chi connectivity index (χ4n) is 1.84. The van der Waals surface area contributed by atoms with Gasteiger partial charge in [-0.2, -0.15) is 12.6 Å². The van der Waals surface area contributed by atoms with E-state index in [0.29, 0.717) is 17.3 Å². The Morgan fingerprint density at radius 3 is 2.75 bits per heavy atom. The summed E-state index contributed by atoms with van der Waals surface area (Å²) in [5, 5.41) is 0.441. The van der Waals surface area contributed by atoms with Gasteiger partial charge in [-0.05, 0) is 32.1 Å². The fraction of sp³-hybridized carbons (Fsp3) is 0.800. The Balaban J connectivity index is 2.43. The summed E-state index contributed by atoms with van der Waals surface area (Å²) in [4.78, 5) is 0. The second-order valence-corrected chi connectivity index (χ2v) is 4.10. The van der Waals surface area contributed by atoms with Gasteiger partial charge in [-0.1, -0.05) is 12.2 Å². The third-order valence-electron chi connectivity index (χ3n) is 2.56. The van der Waals surface area contributed by atoms with E-state index in [1.54, 1.807) is 7.11 Å². The minimum Gasteiger partial charge on any atom is -0.380 e. The molecule has 1 saturated carbocycles. The molecule has 0 N–H and O–H groups in total. The zero-order chi connectivity index (χ0) is 8.97. The van der Waals surface area contributed by atoms with Crippen LogP contribution in [0.3, 0.4) is 0 Å². The summed E-state index contributed by atoms with van der Waals surface area (Å²) in [6.07, 6.45) is 8.34. The molecular weight excluding hydrogens is 168 g/mol. The summed E-state index contributed by atoms with van der Waals surface area (Å²) < 4.78 is 5.37. The molecule has 3 unspecified atom stereocenters. The molecule has 12 heavy (non-hydrogen) atoms. The Morgan fingerprint density at radius 2 is 2.17 bits per heavy atom. The summed E-state index contributed by atoms with van der Waals surface area (Å²) in [5.74, 6) is 0.711. The Labute approximate surface area is 80.6 Å². The summed E-state index contributed by atoms with van der Waals surface area (Å²) in [7, 11) is 1.78. The van der Waals surface area contributed by atoms with Gasteiger partial charge in [0.2, 0.25) is 0 Å². The number of hydrogen-bond acceptors (Lipinski definition) is 2. The van der Waals surface area contributed by atoms with Gasteiger partial charge < -0.3 is 4.74 Å². The summed E-state index contributed by atoms with van der Waals surface area (Å²) in [5.41, 5.74) is 0. The maximum Gasteiger partial charge on any atom is 0.0692 e. The first-order valence-electron chi connectivity index (χ1n) is 4.61. The quantitative estimate of drug-likeness (QED) is 0.515. The van der Waals surface area contributed by atoms with Crippen LogP contribution in [0.5, 0.6) is 0 Å². The van der Waals surface area contributed by atoms with E-state index in [1.165, 1.54) is 12.8 Å². The lowest BCUT2D eigenvalue weighted by atomic mass is 9.86. The zero-order valence-corrected chi connectivity index (χ0v) is 8.76. The predicted molar refractivity (Wildman–Crippen MR) is 55.7 cm³/mol. The molecule has 0 bridgehead atoms. The standard InChI is InChI=1S/C10H18OS/c1-3-4-8-5-6-10(12)9(7-8)11-2/h3-4,8-10,12H,5-7H2,1-2H3/b4-3-. The third kappa shape index (κ3) is 2.53. The highest BCUT2D eigenvalue weighted by atomic mass is 32.1. The van der Waals surface area contributed by atoms with Crippen molar-refractivity contribution in [2.75, 3.05) is 7.11 Å². The van der Waals surface area contributed by atoms with E-state index in [2.05, 4.69) is 31.7 Å². The van der Waals surface area contributed by atoms with Gasteiger partial charge in [-0.15, -0.1) is 0 Å². The molecule has 1 aliphatic carbocycles. The number of hydrogen-bond donors (Lipinski definition) is 1. The predicted octanol–water partition coefficient (Wildman–Crippen LogP) is 2.68.